The number of halogens is 2. The maximum Gasteiger partial charge on any atom is 0.224 e. The van der Waals surface area contributed by atoms with Crippen LogP contribution >= 0.6 is 22.9 Å². The van der Waals surface area contributed by atoms with Gasteiger partial charge >= 0.3 is 0 Å². The van der Waals surface area contributed by atoms with E-state index in [4.69, 9.17) is 11.6 Å². The number of carbonyl (C=O) groups is 1. The average molecular weight is 325 g/mol. The Morgan fingerprint density at radius 3 is 2.90 bits per heavy atom. The number of nitrogens with one attached hydrogen (secondary N) is 2. The van der Waals surface area contributed by atoms with Crippen molar-refractivity contribution in [1.82, 2.24) is 0 Å². The summed E-state index contributed by atoms with van der Waals surface area (Å²) in [6.07, 6.45) is 0.984. The summed E-state index contributed by atoms with van der Waals surface area (Å²) < 4.78 is 14.9. The zero-order chi connectivity index (χ0) is 15.0. The molecule has 0 spiro atoms. The van der Waals surface area contributed by atoms with E-state index in [1.165, 1.54) is 17.4 Å². The number of rotatable bonds is 3. The van der Waals surface area contributed by atoms with E-state index < -0.39 is 0 Å². The van der Waals surface area contributed by atoms with Gasteiger partial charge in [-0.1, -0.05) is 11.6 Å². The molecule has 0 fully saturated rings. The molecule has 1 atom stereocenters. The number of anilines is 2. The third-order valence-corrected chi connectivity index (χ3v) is 4.90. The topological polar surface area (TPSA) is 41.1 Å². The van der Waals surface area contributed by atoms with Gasteiger partial charge in [-0.25, -0.2) is 4.39 Å². The summed E-state index contributed by atoms with van der Waals surface area (Å²) in [6.45, 7) is 1.94. The molecule has 1 aromatic carbocycles. The van der Waals surface area contributed by atoms with Gasteiger partial charge in [0.25, 0.3) is 0 Å². The number of benzene rings is 1. The Labute approximate surface area is 131 Å². The number of amides is 1. The van der Waals surface area contributed by atoms with Crippen molar-refractivity contribution >= 4 is 40.2 Å². The molecular formula is C15H14ClFN2OS. The summed E-state index contributed by atoms with van der Waals surface area (Å²) in [7, 11) is 0. The van der Waals surface area contributed by atoms with Crippen molar-refractivity contribution in [1.29, 1.82) is 0 Å². The first kappa shape index (κ1) is 14.4. The molecule has 3 rings (SSSR count). The van der Waals surface area contributed by atoms with Gasteiger partial charge in [-0.05, 0) is 43.2 Å². The fraction of sp³-hybridized carbons (Fsp3) is 0.267. The van der Waals surface area contributed by atoms with Crippen LogP contribution in [0, 0.1) is 5.82 Å². The van der Waals surface area contributed by atoms with Gasteiger partial charge in [-0.2, -0.15) is 0 Å². The van der Waals surface area contributed by atoms with E-state index in [1.807, 2.05) is 19.1 Å². The highest BCUT2D eigenvalue weighted by molar-refractivity contribution is 7.16. The Hall–Kier alpha value is -1.59. The molecule has 1 aliphatic heterocycles. The van der Waals surface area contributed by atoms with Crippen LogP contribution in [0.2, 0.25) is 4.34 Å². The van der Waals surface area contributed by atoms with Crippen LogP contribution in [0.15, 0.2) is 24.3 Å². The zero-order valence-corrected chi connectivity index (χ0v) is 12.9. The molecule has 0 saturated carbocycles. The van der Waals surface area contributed by atoms with Crippen molar-refractivity contribution in [3.8, 4) is 0 Å². The van der Waals surface area contributed by atoms with Crippen molar-refractivity contribution in [2.75, 3.05) is 10.6 Å². The Morgan fingerprint density at radius 1 is 1.38 bits per heavy atom. The first-order valence-corrected chi connectivity index (χ1v) is 7.86. The highest BCUT2D eigenvalue weighted by atomic mass is 35.5. The lowest BCUT2D eigenvalue weighted by Crippen LogP contribution is -2.19. The molecule has 0 radical (unpaired) electrons. The second-order valence-electron chi connectivity index (χ2n) is 5.05. The van der Waals surface area contributed by atoms with Gasteiger partial charge in [0.2, 0.25) is 5.91 Å². The van der Waals surface area contributed by atoms with E-state index in [0.717, 1.165) is 10.4 Å². The minimum absolute atomic E-state index is 0.0295. The van der Waals surface area contributed by atoms with Crippen LogP contribution in [-0.2, 0) is 11.2 Å². The summed E-state index contributed by atoms with van der Waals surface area (Å²) >= 11 is 7.38. The molecule has 2 heterocycles. The van der Waals surface area contributed by atoms with E-state index in [-0.39, 0.29) is 17.8 Å². The summed E-state index contributed by atoms with van der Waals surface area (Å²) in [5.74, 6) is -0.336. The van der Waals surface area contributed by atoms with E-state index in [1.54, 1.807) is 6.07 Å². The van der Waals surface area contributed by atoms with Crippen LogP contribution in [0.4, 0.5) is 15.8 Å². The molecule has 1 unspecified atom stereocenters. The summed E-state index contributed by atoms with van der Waals surface area (Å²) in [5.41, 5.74) is 1.91. The molecular weight excluding hydrogens is 311 g/mol. The van der Waals surface area contributed by atoms with Gasteiger partial charge in [0.05, 0.1) is 16.1 Å². The van der Waals surface area contributed by atoms with Crippen molar-refractivity contribution in [3.63, 3.8) is 0 Å². The van der Waals surface area contributed by atoms with Gasteiger partial charge in [0, 0.05) is 17.0 Å². The molecule has 6 heteroatoms. The lowest BCUT2D eigenvalue weighted by atomic mass is 10.0. The van der Waals surface area contributed by atoms with Crippen LogP contribution in [0.3, 0.4) is 0 Å². The van der Waals surface area contributed by atoms with E-state index >= 15 is 0 Å². The molecule has 110 valence electrons. The zero-order valence-electron chi connectivity index (χ0n) is 11.4. The molecule has 1 aliphatic rings. The van der Waals surface area contributed by atoms with Gasteiger partial charge < -0.3 is 10.6 Å². The Balaban J connectivity index is 1.85. The fourth-order valence-corrected chi connectivity index (χ4v) is 3.44. The molecule has 3 nitrogen and oxygen atoms in total. The molecule has 1 amide bonds. The molecule has 21 heavy (non-hydrogen) atoms. The smallest absolute Gasteiger partial charge is 0.224 e. The van der Waals surface area contributed by atoms with Gasteiger partial charge in [-0.15, -0.1) is 11.3 Å². The Kier molecular flexibility index (Phi) is 3.87. The molecule has 2 N–H and O–H groups in total. The van der Waals surface area contributed by atoms with Gasteiger partial charge in [-0.3, -0.25) is 4.79 Å². The quantitative estimate of drug-likeness (QED) is 0.866. The molecule has 1 aromatic heterocycles. The number of fused-ring (bicyclic) bond motifs is 1. The number of aryl methyl sites for hydroxylation is 1. The summed E-state index contributed by atoms with van der Waals surface area (Å²) in [6, 6.07) is 6.83. The lowest BCUT2D eigenvalue weighted by molar-refractivity contribution is -0.116. The molecule has 0 bridgehead atoms. The summed E-state index contributed by atoms with van der Waals surface area (Å²) in [5, 5.41) is 5.91. The van der Waals surface area contributed by atoms with Crippen LogP contribution in [0.25, 0.3) is 0 Å². The number of carbonyl (C=O) groups excluding carboxylic acids is 1. The van der Waals surface area contributed by atoms with Crippen molar-refractivity contribution in [2.45, 2.75) is 25.8 Å². The standard InChI is InChI=1S/C15H14ClFN2OS/c1-8(13-3-4-14(16)21-13)18-12-7-11-9(6-10(12)17)2-5-15(20)19-11/h3-4,6-8,18H,2,5H2,1H3,(H,19,20). The van der Waals surface area contributed by atoms with E-state index in [2.05, 4.69) is 10.6 Å². The maximum absolute atomic E-state index is 14.2. The Morgan fingerprint density at radius 2 is 2.19 bits per heavy atom. The second kappa shape index (κ2) is 5.66. The number of hydrogen-bond acceptors (Lipinski definition) is 3. The van der Waals surface area contributed by atoms with Crippen molar-refractivity contribution in [2.24, 2.45) is 0 Å². The van der Waals surface area contributed by atoms with E-state index in [9.17, 15) is 9.18 Å². The summed E-state index contributed by atoms with van der Waals surface area (Å²) in [4.78, 5) is 12.5. The molecule has 2 aromatic rings. The average Bonchev–Trinajstić information content (AvgIpc) is 2.87. The number of thiophene rings is 1. The predicted molar refractivity (Wildman–Crippen MR) is 84.7 cm³/mol. The Bertz CT molecular complexity index is 701. The highest BCUT2D eigenvalue weighted by Gasteiger charge is 2.18. The normalized spacial score (nSPS) is 15.3. The minimum Gasteiger partial charge on any atom is -0.375 e. The first-order chi connectivity index (χ1) is 10.0. The number of hydrogen-bond donors (Lipinski definition) is 2. The monoisotopic (exact) mass is 324 g/mol. The largest absolute Gasteiger partial charge is 0.375 e. The predicted octanol–water partition coefficient (Wildman–Crippen LogP) is 4.60. The SMILES string of the molecule is CC(Nc1cc2c(cc1F)CCC(=O)N2)c1ccc(Cl)s1. The third kappa shape index (κ3) is 3.04. The van der Waals surface area contributed by atoms with Crippen molar-refractivity contribution in [3.05, 3.63) is 44.9 Å². The molecule has 0 aliphatic carbocycles. The maximum atomic E-state index is 14.2. The van der Waals surface area contributed by atoms with Crippen LogP contribution < -0.4 is 10.6 Å². The minimum atomic E-state index is -0.306. The van der Waals surface area contributed by atoms with Crippen LogP contribution in [0.5, 0.6) is 0 Å². The van der Waals surface area contributed by atoms with E-state index in [0.29, 0.717) is 28.6 Å². The second-order valence-corrected chi connectivity index (χ2v) is 6.79. The van der Waals surface area contributed by atoms with Crippen LogP contribution in [-0.4, -0.2) is 5.91 Å². The first-order valence-electron chi connectivity index (χ1n) is 6.67. The lowest BCUT2D eigenvalue weighted by Gasteiger charge is -2.20. The molecule has 0 saturated heterocycles. The third-order valence-electron chi connectivity index (χ3n) is 3.48. The fourth-order valence-electron chi connectivity index (χ4n) is 2.37. The van der Waals surface area contributed by atoms with Gasteiger partial charge in [0.1, 0.15) is 5.82 Å². The highest BCUT2D eigenvalue weighted by Crippen LogP contribution is 2.33. The van der Waals surface area contributed by atoms with Crippen molar-refractivity contribution < 1.29 is 9.18 Å². The van der Waals surface area contributed by atoms with Crippen LogP contribution in [0.1, 0.15) is 29.8 Å². The van der Waals surface area contributed by atoms with Gasteiger partial charge in [0.15, 0.2) is 0 Å².